The molecule has 140 valence electrons. The Hall–Kier alpha value is -2.55. The van der Waals surface area contributed by atoms with Crippen molar-refractivity contribution >= 4 is 34.0 Å². The lowest BCUT2D eigenvalue weighted by molar-refractivity contribution is -0.116. The van der Waals surface area contributed by atoms with Gasteiger partial charge in [0.2, 0.25) is 5.91 Å². The monoisotopic (exact) mass is 377 g/mol. The minimum absolute atomic E-state index is 0.104. The Bertz CT molecular complexity index is 813. The number of hydrogen-bond acceptors (Lipinski definition) is 6. The average Bonchev–Trinajstić information content (AvgIpc) is 3.16. The molecule has 0 radical (unpaired) electrons. The van der Waals surface area contributed by atoms with Crippen LogP contribution < -0.4 is 11.1 Å². The first-order valence-corrected chi connectivity index (χ1v) is 9.41. The zero-order valence-electron chi connectivity index (χ0n) is 14.9. The highest BCUT2D eigenvalue weighted by atomic mass is 32.1. The highest BCUT2D eigenvalue weighted by Gasteiger charge is 2.27. The van der Waals surface area contributed by atoms with Crippen molar-refractivity contribution < 1.29 is 14.3 Å². The Kier molecular flexibility index (Phi) is 5.46. The summed E-state index contributed by atoms with van der Waals surface area (Å²) in [5, 5.41) is 7.72. The summed E-state index contributed by atoms with van der Waals surface area (Å²) in [4.78, 5) is 26.8. The van der Waals surface area contributed by atoms with Gasteiger partial charge in [0, 0.05) is 36.3 Å². The molecule has 3 N–H and O–H groups in total. The molecule has 3 heterocycles. The standard InChI is InChI=1S/C17H23N5O3S/c1-3-25-17(24)21-8-5-12-13(10-21)26-16(15(12)18)20-14(23)6-9-22-11(2)4-7-19-22/h4,7H,3,5-6,8-10,18H2,1-2H3,(H,20,23). The molecule has 0 aromatic carbocycles. The second kappa shape index (κ2) is 7.77. The first kappa shape index (κ1) is 18.2. The summed E-state index contributed by atoms with van der Waals surface area (Å²) in [6, 6.07) is 1.90. The highest BCUT2D eigenvalue weighted by molar-refractivity contribution is 7.17. The lowest BCUT2D eigenvalue weighted by Gasteiger charge is -2.26. The maximum atomic E-state index is 12.3. The molecule has 3 rings (SSSR count). The number of nitrogens with one attached hydrogen (secondary N) is 1. The van der Waals surface area contributed by atoms with Crippen LogP contribution in [0.2, 0.25) is 0 Å². The van der Waals surface area contributed by atoms with Gasteiger partial charge in [-0.2, -0.15) is 5.10 Å². The van der Waals surface area contributed by atoms with Gasteiger partial charge in [-0.05, 0) is 31.9 Å². The molecular weight excluding hydrogens is 354 g/mol. The molecule has 2 aromatic heterocycles. The second-order valence-corrected chi connectivity index (χ2v) is 7.22. The van der Waals surface area contributed by atoms with E-state index >= 15 is 0 Å². The first-order valence-electron chi connectivity index (χ1n) is 8.59. The number of thiophene rings is 1. The summed E-state index contributed by atoms with van der Waals surface area (Å²) < 4.78 is 6.85. The number of nitrogen functional groups attached to an aromatic ring is 1. The highest BCUT2D eigenvalue weighted by Crippen LogP contribution is 2.39. The number of amides is 2. The lowest BCUT2D eigenvalue weighted by Crippen LogP contribution is -2.35. The van der Waals surface area contributed by atoms with Crippen molar-refractivity contribution in [3.8, 4) is 0 Å². The molecular formula is C17H23N5O3S. The molecule has 1 aliphatic heterocycles. The van der Waals surface area contributed by atoms with Gasteiger partial charge in [0.05, 0.1) is 18.8 Å². The SMILES string of the molecule is CCOC(=O)N1CCc2c(sc(NC(=O)CCn3nccc3C)c2N)C1. The van der Waals surface area contributed by atoms with E-state index in [4.69, 9.17) is 10.5 Å². The van der Waals surface area contributed by atoms with Gasteiger partial charge in [0.25, 0.3) is 0 Å². The second-order valence-electron chi connectivity index (χ2n) is 6.11. The molecule has 0 saturated heterocycles. The van der Waals surface area contributed by atoms with Crippen LogP contribution >= 0.6 is 11.3 Å². The third-order valence-electron chi connectivity index (χ3n) is 4.36. The predicted octanol–water partition coefficient (Wildman–Crippen LogP) is 2.38. The molecule has 2 amide bonds. The van der Waals surface area contributed by atoms with Gasteiger partial charge in [-0.3, -0.25) is 9.48 Å². The van der Waals surface area contributed by atoms with E-state index in [-0.39, 0.29) is 12.0 Å². The molecule has 9 heteroatoms. The van der Waals surface area contributed by atoms with Gasteiger partial charge >= 0.3 is 6.09 Å². The number of carbonyl (C=O) groups is 2. The van der Waals surface area contributed by atoms with E-state index in [1.165, 1.54) is 11.3 Å². The van der Waals surface area contributed by atoms with Crippen LogP contribution in [0.1, 0.15) is 29.5 Å². The van der Waals surface area contributed by atoms with Gasteiger partial charge in [-0.1, -0.05) is 0 Å². The van der Waals surface area contributed by atoms with E-state index in [1.807, 2.05) is 13.0 Å². The maximum Gasteiger partial charge on any atom is 0.410 e. The molecule has 0 saturated carbocycles. The number of nitrogens with two attached hydrogens (primary N) is 1. The lowest BCUT2D eigenvalue weighted by atomic mass is 10.1. The fraction of sp³-hybridized carbons (Fsp3) is 0.471. The van der Waals surface area contributed by atoms with Crippen LogP contribution in [0, 0.1) is 6.92 Å². The predicted molar refractivity (Wildman–Crippen MR) is 100 cm³/mol. The summed E-state index contributed by atoms with van der Waals surface area (Å²) in [5.41, 5.74) is 8.86. The van der Waals surface area contributed by atoms with Crippen LogP contribution in [0.5, 0.6) is 0 Å². The van der Waals surface area contributed by atoms with E-state index < -0.39 is 0 Å². The van der Waals surface area contributed by atoms with Crippen LogP contribution in [-0.2, 0) is 29.0 Å². The topological polar surface area (TPSA) is 102 Å². The number of nitrogens with zero attached hydrogens (tertiary/aromatic N) is 3. The summed E-state index contributed by atoms with van der Waals surface area (Å²) in [6.07, 6.45) is 2.39. The average molecular weight is 377 g/mol. The van der Waals surface area contributed by atoms with Crippen LogP contribution in [0.15, 0.2) is 12.3 Å². The molecule has 0 spiro atoms. The van der Waals surface area contributed by atoms with Gasteiger partial charge in [-0.25, -0.2) is 4.79 Å². The number of aromatic nitrogens is 2. The third kappa shape index (κ3) is 3.82. The number of ether oxygens (including phenoxy) is 1. The van der Waals surface area contributed by atoms with Crippen LogP contribution in [-0.4, -0.2) is 39.8 Å². The fourth-order valence-corrected chi connectivity index (χ4v) is 4.12. The minimum Gasteiger partial charge on any atom is -0.450 e. The number of anilines is 2. The van der Waals surface area contributed by atoms with Gasteiger partial charge in [-0.15, -0.1) is 11.3 Å². The molecule has 0 aliphatic carbocycles. The third-order valence-corrected chi connectivity index (χ3v) is 5.50. The molecule has 1 aliphatic rings. The summed E-state index contributed by atoms with van der Waals surface area (Å²) >= 11 is 1.43. The van der Waals surface area contributed by atoms with Crippen molar-refractivity contribution in [3.63, 3.8) is 0 Å². The van der Waals surface area contributed by atoms with E-state index in [9.17, 15) is 9.59 Å². The Morgan fingerprint density at radius 1 is 1.46 bits per heavy atom. The van der Waals surface area contributed by atoms with Crippen molar-refractivity contribution in [1.29, 1.82) is 0 Å². The normalized spacial score (nSPS) is 13.4. The maximum absolute atomic E-state index is 12.3. The van der Waals surface area contributed by atoms with Gasteiger partial charge < -0.3 is 20.7 Å². The summed E-state index contributed by atoms with van der Waals surface area (Å²) in [7, 11) is 0. The fourth-order valence-electron chi connectivity index (χ4n) is 2.92. The van der Waals surface area contributed by atoms with Gasteiger partial charge in [0.15, 0.2) is 0 Å². The molecule has 0 fully saturated rings. The van der Waals surface area contributed by atoms with E-state index in [1.54, 1.807) is 22.7 Å². The van der Waals surface area contributed by atoms with E-state index in [0.29, 0.717) is 49.8 Å². The van der Waals surface area contributed by atoms with Crippen LogP contribution in [0.4, 0.5) is 15.5 Å². The van der Waals surface area contributed by atoms with Crippen molar-refractivity contribution in [2.75, 3.05) is 24.2 Å². The largest absolute Gasteiger partial charge is 0.450 e. The zero-order valence-corrected chi connectivity index (χ0v) is 15.8. The quantitative estimate of drug-likeness (QED) is 0.833. The number of aryl methyl sites for hydroxylation is 2. The number of rotatable bonds is 5. The van der Waals surface area contributed by atoms with Crippen molar-refractivity contribution in [3.05, 3.63) is 28.4 Å². The van der Waals surface area contributed by atoms with Crippen LogP contribution in [0.25, 0.3) is 0 Å². The minimum atomic E-state index is -0.315. The Morgan fingerprint density at radius 3 is 2.96 bits per heavy atom. The summed E-state index contributed by atoms with van der Waals surface area (Å²) in [5.74, 6) is -0.104. The summed E-state index contributed by atoms with van der Waals surface area (Å²) in [6.45, 7) is 5.64. The number of fused-ring (bicyclic) bond motifs is 1. The Labute approximate surface area is 155 Å². The zero-order chi connectivity index (χ0) is 18.7. The van der Waals surface area contributed by atoms with Gasteiger partial charge in [0.1, 0.15) is 5.00 Å². The van der Waals surface area contributed by atoms with E-state index in [0.717, 1.165) is 16.1 Å². The molecule has 0 bridgehead atoms. The number of hydrogen-bond donors (Lipinski definition) is 2. The molecule has 0 unspecified atom stereocenters. The molecule has 8 nitrogen and oxygen atoms in total. The van der Waals surface area contributed by atoms with Crippen LogP contribution in [0.3, 0.4) is 0 Å². The first-order chi connectivity index (χ1) is 12.5. The molecule has 2 aromatic rings. The molecule has 0 atom stereocenters. The van der Waals surface area contributed by atoms with Crippen molar-refractivity contribution in [2.24, 2.45) is 0 Å². The Balaban J connectivity index is 1.62. The molecule has 26 heavy (non-hydrogen) atoms. The van der Waals surface area contributed by atoms with E-state index in [2.05, 4.69) is 10.4 Å². The Morgan fingerprint density at radius 2 is 2.27 bits per heavy atom. The van der Waals surface area contributed by atoms with Crippen molar-refractivity contribution in [1.82, 2.24) is 14.7 Å². The smallest absolute Gasteiger partial charge is 0.410 e. The van der Waals surface area contributed by atoms with Crippen molar-refractivity contribution in [2.45, 2.75) is 39.8 Å². The number of carbonyl (C=O) groups excluding carboxylic acids is 2.